The number of hydrogen-bond donors (Lipinski definition) is 1. The first-order chi connectivity index (χ1) is 19.7. The first kappa shape index (κ1) is 31.7. The summed E-state index contributed by atoms with van der Waals surface area (Å²) in [7, 11) is 1.72. The first-order valence-corrected chi connectivity index (χ1v) is 15.3. The molecule has 41 heavy (non-hydrogen) atoms. The molecule has 0 aromatic rings. The third-order valence-electron chi connectivity index (χ3n) is 10.2. The van der Waals surface area contributed by atoms with Crippen molar-refractivity contribution < 1.29 is 29.0 Å². The number of aliphatic hydroxyl groups is 1. The van der Waals surface area contributed by atoms with Crippen LogP contribution in [0.25, 0.3) is 0 Å². The molecule has 2 unspecified atom stereocenters. The molecule has 4 saturated heterocycles. The molecule has 0 aromatic carbocycles. The molecule has 4 aliphatic rings. The summed E-state index contributed by atoms with van der Waals surface area (Å²) >= 11 is 0. The number of carbonyl (C=O) groups excluding carboxylic acids is 3. The van der Waals surface area contributed by atoms with Crippen LogP contribution in [0.15, 0.2) is 25.3 Å². The fourth-order valence-corrected chi connectivity index (χ4v) is 7.71. The highest BCUT2D eigenvalue weighted by molar-refractivity contribution is 5.99. The molecule has 7 atom stereocenters. The lowest BCUT2D eigenvalue weighted by Crippen LogP contribution is -2.60. The predicted octanol–water partition coefficient (Wildman–Crippen LogP) is 1.54. The van der Waals surface area contributed by atoms with E-state index in [2.05, 4.69) is 18.1 Å². The standard InChI is InChI=1S/C31H50N4O6/c1-7-13-32(6)27(37)24-25-28(38)35(23(21-36)22(5)9-3)26(31(25)12-11-30(24,10-4)41-31)29(39)34(14-8-2)16-15-33-17-19-40-20-18-33/h7-8,22-26,36H,1-2,9-21H2,3-6H3/t22-,23-,24+,25-,26?,30-,31?/m0/s1. The van der Waals surface area contributed by atoms with Gasteiger partial charge in [-0.2, -0.15) is 0 Å². The molecule has 230 valence electrons. The zero-order chi connectivity index (χ0) is 29.9. The summed E-state index contributed by atoms with van der Waals surface area (Å²) in [6, 6.07) is -1.49. The van der Waals surface area contributed by atoms with Crippen LogP contribution in [0.1, 0.15) is 46.5 Å². The van der Waals surface area contributed by atoms with Gasteiger partial charge in [-0.15, -0.1) is 13.2 Å². The maximum Gasteiger partial charge on any atom is 0.248 e. The number of hydrogen-bond acceptors (Lipinski definition) is 7. The molecular formula is C31H50N4O6. The van der Waals surface area contributed by atoms with Gasteiger partial charge in [0, 0.05) is 46.3 Å². The van der Waals surface area contributed by atoms with E-state index in [-0.39, 0.29) is 30.2 Å². The largest absolute Gasteiger partial charge is 0.394 e. The van der Waals surface area contributed by atoms with Gasteiger partial charge in [0.1, 0.15) is 11.6 Å². The van der Waals surface area contributed by atoms with Gasteiger partial charge in [-0.05, 0) is 25.2 Å². The highest BCUT2D eigenvalue weighted by Crippen LogP contribution is 2.65. The van der Waals surface area contributed by atoms with E-state index in [0.717, 1.165) is 19.5 Å². The Morgan fingerprint density at radius 3 is 2.41 bits per heavy atom. The van der Waals surface area contributed by atoms with E-state index in [4.69, 9.17) is 9.47 Å². The average molecular weight is 575 g/mol. The summed E-state index contributed by atoms with van der Waals surface area (Å²) in [6.45, 7) is 18.2. The number of ether oxygens (including phenoxy) is 2. The van der Waals surface area contributed by atoms with E-state index < -0.39 is 35.1 Å². The lowest BCUT2D eigenvalue weighted by Gasteiger charge is -2.41. The molecular weight excluding hydrogens is 524 g/mol. The predicted molar refractivity (Wildman–Crippen MR) is 156 cm³/mol. The number of rotatable bonds is 14. The Balaban J connectivity index is 1.76. The molecule has 10 nitrogen and oxygen atoms in total. The van der Waals surface area contributed by atoms with Gasteiger partial charge in [-0.1, -0.05) is 39.3 Å². The van der Waals surface area contributed by atoms with Crippen LogP contribution >= 0.6 is 0 Å². The molecule has 4 rings (SSSR count). The molecule has 3 amide bonds. The second-order valence-electron chi connectivity index (χ2n) is 12.2. The molecule has 0 radical (unpaired) electrons. The van der Waals surface area contributed by atoms with Gasteiger partial charge in [0.2, 0.25) is 17.7 Å². The van der Waals surface area contributed by atoms with Crippen molar-refractivity contribution in [2.24, 2.45) is 17.8 Å². The second-order valence-corrected chi connectivity index (χ2v) is 12.2. The Kier molecular flexibility index (Phi) is 9.99. The van der Waals surface area contributed by atoms with Crippen LogP contribution in [0.4, 0.5) is 0 Å². The van der Waals surface area contributed by atoms with Crippen molar-refractivity contribution in [1.29, 1.82) is 0 Å². The molecule has 10 heteroatoms. The highest BCUT2D eigenvalue weighted by Gasteiger charge is 2.79. The van der Waals surface area contributed by atoms with E-state index in [9.17, 15) is 19.5 Å². The topological polar surface area (TPSA) is 103 Å². The molecule has 4 heterocycles. The average Bonchev–Trinajstić information content (AvgIpc) is 3.59. The summed E-state index contributed by atoms with van der Waals surface area (Å²) in [5.74, 6) is -2.14. The van der Waals surface area contributed by atoms with Crippen LogP contribution in [-0.2, 0) is 23.9 Å². The smallest absolute Gasteiger partial charge is 0.248 e. The van der Waals surface area contributed by atoms with E-state index in [1.807, 2.05) is 20.8 Å². The molecule has 0 aliphatic carbocycles. The number of likely N-dealkylation sites (tertiary alicyclic amines) is 1. The SMILES string of the molecule is C=CCN(C)C(=O)[C@H]1[C@H]2C(=O)N([C@@H](CO)[C@@H](C)CC)C(C(=O)N(CC=C)CCN3CCOCC3)C23CC[C@]1(CC)O3. The van der Waals surface area contributed by atoms with Crippen molar-refractivity contribution >= 4 is 17.7 Å². The fourth-order valence-electron chi connectivity index (χ4n) is 7.71. The Hall–Kier alpha value is -2.27. The Bertz CT molecular complexity index is 1000. The number of fused-ring (bicyclic) bond motifs is 1. The summed E-state index contributed by atoms with van der Waals surface area (Å²) < 4.78 is 12.4. The fraction of sp³-hybridized carbons (Fsp3) is 0.774. The molecule has 1 N–H and O–H groups in total. The van der Waals surface area contributed by atoms with Crippen LogP contribution < -0.4 is 0 Å². The summed E-state index contributed by atoms with van der Waals surface area (Å²) in [6.07, 6.45) is 5.80. The van der Waals surface area contributed by atoms with Gasteiger partial charge >= 0.3 is 0 Å². The van der Waals surface area contributed by atoms with Gasteiger partial charge < -0.3 is 29.3 Å². The summed E-state index contributed by atoms with van der Waals surface area (Å²) in [5.41, 5.74) is -1.93. The normalized spacial score (nSPS) is 32.5. The van der Waals surface area contributed by atoms with Gasteiger partial charge in [0.05, 0.1) is 43.3 Å². The van der Waals surface area contributed by atoms with Crippen molar-refractivity contribution in [3.63, 3.8) is 0 Å². The Morgan fingerprint density at radius 2 is 1.83 bits per heavy atom. The quantitative estimate of drug-likeness (QED) is 0.314. The Labute approximate surface area is 245 Å². The van der Waals surface area contributed by atoms with E-state index in [0.29, 0.717) is 58.7 Å². The molecule has 1 spiro atoms. The highest BCUT2D eigenvalue weighted by atomic mass is 16.5. The number of likely N-dealkylation sites (N-methyl/N-ethyl adjacent to an activating group) is 1. The minimum atomic E-state index is -1.13. The van der Waals surface area contributed by atoms with Crippen LogP contribution in [0.2, 0.25) is 0 Å². The summed E-state index contributed by atoms with van der Waals surface area (Å²) in [4.78, 5) is 50.5. The van der Waals surface area contributed by atoms with Gasteiger partial charge in [-0.3, -0.25) is 19.3 Å². The van der Waals surface area contributed by atoms with Gasteiger partial charge in [0.25, 0.3) is 0 Å². The van der Waals surface area contributed by atoms with E-state index in [1.54, 1.807) is 33.9 Å². The zero-order valence-corrected chi connectivity index (χ0v) is 25.4. The Morgan fingerprint density at radius 1 is 1.15 bits per heavy atom. The second kappa shape index (κ2) is 12.9. The number of carbonyl (C=O) groups is 3. The van der Waals surface area contributed by atoms with Crippen molar-refractivity contribution in [3.8, 4) is 0 Å². The van der Waals surface area contributed by atoms with Gasteiger partial charge in [0.15, 0.2) is 0 Å². The minimum Gasteiger partial charge on any atom is -0.394 e. The molecule has 2 bridgehead atoms. The third-order valence-corrected chi connectivity index (χ3v) is 10.2. The first-order valence-electron chi connectivity index (χ1n) is 15.3. The zero-order valence-electron chi connectivity index (χ0n) is 25.4. The maximum atomic E-state index is 14.7. The lowest BCUT2D eigenvalue weighted by atomic mass is 9.64. The van der Waals surface area contributed by atoms with Crippen molar-refractivity contribution in [3.05, 3.63) is 25.3 Å². The molecule has 4 aliphatic heterocycles. The molecule has 0 aromatic heterocycles. The lowest BCUT2D eigenvalue weighted by molar-refractivity contribution is -0.159. The maximum absolute atomic E-state index is 14.7. The number of amides is 3. The van der Waals surface area contributed by atoms with Gasteiger partial charge in [-0.25, -0.2) is 0 Å². The van der Waals surface area contributed by atoms with E-state index in [1.165, 1.54) is 0 Å². The van der Waals surface area contributed by atoms with Crippen LogP contribution in [0.3, 0.4) is 0 Å². The number of nitrogens with zero attached hydrogens (tertiary/aromatic N) is 4. The molecule has 4 fully saturated rings. The van der Waals surface area contributed by atoms with Crippen molar-refractivity contribution in [2.45, 2.75) is 69.7 Å². The minimum absolute atomic E-state index is 0.0504. The monoisotopic (exact) mass is 574 g/mol. The third kappa shape index (κ3) is 5.37. The van der Waals surface area contributed by atoms with Crippen molar-refractivity contribution in [2.75, 3.05) is 66.1 Å². The number of aliphatic hydroxyl groups excluding tert-OH is 1. The van der Waals surface area contributed by atoms with Crippen molar-refractivity contribution in [1.82, 2.24) is 19.6 Å². The van der Waals surface area contributed by atoms with Crippen LogP contribution in [0, 0.1) is 17.8 Å². The van der Waals surface area contributed by atoms with Crippen LogP contribution in [0.5, 0.6) is 0 Å². The van der Waals surface area contributed by atoms with Crippen LogP contribution in [-0.4, -0.2) is 132 Å². The summed E-state index contributed by atoms with van der Waals surface area (Å²) in [5, 5.41) is 10.6. The van der Waals surface area contributed by atoms with E-state index >= 15 is 0 Å². The molecule has 0 saturated carbocycles. The number of morpholine rings is 1.